The molecule has 0 bridgehead atoms. The number of hydrogen-bond acceptors (Lipinski definition) is 14. The van der Waals surface area contributed by atoms with Crippen molar-refractivity contribution in [2.75, 3.05) is 7.11 Å². The highest BCUT2D eigenvalue weighted by Gasteiger charge is 2.43. The monoisotopic (exact) mass is 1200 g/mol. The van der Waals surface area contributed by atoms with E-state index in [9.17, 15) is 52.7 Å². The van der Waals surface area contributed by atoms with E-state index in [0.717, 1.165) is 5.56 Å². The molecule has 0 aliphatic rings. The molecule has 0 aliphatic heterocycles. The lowest BCUT2D eigenvalue weighted by molar-refractivity contribution is -0.150. The van der Waals surface area contributed by atoms with E-state index in [0.29, 0.717) is 12.8 Å². The first-order valence-electron chi connectivity index (χ1n) is 29.5. The Hall–Kier alpha value is -6.85. The Morgan fingerprint density at radius 3 is 1.09 bits per heavy atom. The topological polar surface area (TPSA) is 336 Å². The van der Waals surface area contributed by atoms with Crippen LogP contribution in [0.5, 0.6) is 0 Å². The quantitative estimate of drug-likeness (QED) is 0.0457. The number of amides is 10. The highest BCUT2D eigenvalue weighted by molar-refractivity contribution is 6.00. The zero-order valence-electron chi connectivity index (χ0n) is 54.8. The predicted octanol–water partition coefficient (Wildman–Crippen LogP) is 3.97. The smallest absolute Gasteiger partial charge is 0.408 e. The number of carbonyl (C=O) groups excluding carboxylic acids is 11. The fourth-order valence-electron chi connectivity index (χ4n) is 8.46. The van der Waals surface area contributed by atoms with Crippen molar-refractivity contribution in [2.24, 2.45) is 35.5 Å². The second-order valence-electron chi connectivity index (χ2n) is 26.1. The summed E-state index contributed by atoms with van der Waals surface area (Å²) in [7, 11) is 1.19. The van der Waals surface area contributed by atoms with Gasteiger partial charge < -0.3 is 67.4 Å². The second-order valence-corrected chi connectivity index (χ2v) is 26.1. The highest BCUT2D eigenvalue weighted by Crippen LogP contribution is 2.19. The fourth-order valence-corrected chi connectivity index (χ4v) is 8.46. The van der Waals surface area contributed by atoms with Gasteiger partial charge in [-0.15, -0.1) is 0 Å². The van der Waals surface area contributed by atoms with Gasteiger partial charge in [-0.2, -0.15) is 0 Å². The average molecular weight is 1200 g/mol. The largest absolute Gasteiger partial charge is 0.467 e. The van der Waals surface area contributed by atoms with Crippen LogP contribution in [-0.4, -0.2) is 143 Å². The third-order valence-corrected chi connectivity index (χ3v) is 14.5. The lowest BCUT2D eigenvalue weighted by Crippen LogP contribution is -2.66. The van der Waals surface area contributed by atoms with Gasteiger partial charge in [-0.1, -0.05) is 126 Å². The van der Waals surface area contributed by atoms with Crippen molar-refractivity contribution < 1.29 is 67.0 Å². The summed E-state index contributed by atoms with van der Waals surface area (Å²) in [6, 6.07) is 0.432. The molecule has 10 N–H and O–H groups in total. The van der Waals surface area contributed by atoms with Crippen LogP contribution in [0, 0.1) is 35.5 Å². The van der Waals surface area contributed by atoms with Crippen LogP contribution < -0.4 is 53.2 Å². The summed E-state index contributed by atoms with van der Waals surface area (Å²) in [5, 5.41) is 27.1. The lowest BCUT2D eigenvalue weighted by Gasteiger charge is -2.35. The summed E-state index contributed by atoms with van der Waals surface area (Å²) in [4.78, 5) is 152. The minimum Gasteiger partial charge on any atom is -0.467 e. The second kappa shape index (κ2) is 33.2. The first kappa shape index (κ1) is 76.2. The number of ether oxygens (including phenoxy) is 3. The van der Waals surface area contributed by atoms with Crippen LogP contribution in [0.25, 0.3) is 0 Å². The first-order chi connectivity index (χ1) is 39.0. The fraction of sp³-hybridized carbons (Fsp3) is 0.721. The molecule has 24 nitrogen and oxygen atoms in total. The number of rotatable bonds is 32. The normalized spacial score (nSPS) is 15.7. The van der Waals surface area contributed by atoms with Crippen LogP contribution >= 0.6 is 0 Å². The van der Waals surface area contributed by atoms with Gasteiger partial charge >= 0.3 is 12.1 Å². The number of carbonyl (C=O) groups is 11. The Morgan fingerprint density at radius 2 is 0.729 bits per heavy atom. The van der Waals surface area contributed by atoms with Crippen molar-refractivity contribution >= 4 is 65.2 Å². The summed E-state index contributed by atoms with van der Waals surface area (Å²) in [6.07, 6.45) is -1.01. The van der Waals surface area contributed by atoms with E-state index in [4.69, 9.17) is 14.2 Å². The van der Waals surface area contributed by atoms with Crippen LogP contribution in [0.3, 0.4) is 0 Å². The third kappa shape index (κ3) is 24.2. The summed E-state index contributed by atoms with van der Waals surface area (Å²) >= 11 is 0. The molecule has 85 heavy (non-hydrogen) atoms. The van der Waals surface area contributed by atoms with Crippen LogP contribution in [-0.2, 0) is 68.8 Å². The summed E-state index contributed by atoms with van der Waals surface area (Å²) < 4.78 is 16.3. The molecule has 482 valence electrons. The zero-order chi connectivity index (χ0) is 65.9. The molecule has 0 heterocycles. The van der Waals surface area contributed by atoms with E-state index in [1.54, 1.807) is 121 Å². The maximum absolute atomic E-state index is 14.6. The van der Waals surface area contributed by atoms with Crippen molar-refractivity contribution in [3.8, 4) is 0 Å². The molecular weight excluding hydrogens is 1100 g/mol. The van der Waals surface area contributed by atoms with Gasteiger partial charge in [0, 0.05) is 0 Å². The number of nitrogens with one attached hydrogen (secondary N) is 10. The lowest BCUT2D eigenvalue weighted by atomic mass is 9.94. The van der Waals surface area contributed by atoms with Crippen molar-refractivity contribution in [3.05, 3.63) is 35.9 Å². The minimum absolute atomic E-state index is 0.0140. The van der Waals surface area contributed by atoms with Gasteiger partial charge in [0.15, 0.2) is 0 Å². The zero-order valence-corrected chi connectivity index (χ0v) is 54.8. The van der Waals surface area contributed by atoms with Gasteiger partial charge in [-0.05, 0) is 110 Å². The Morgan fingerprint density at radius 1 is 0.412 bits per heavy atom. The van der Waals surface area contributed by atoms with E-state index in [-0.39, 0.29) is 6.61 Å². The standard InChI is InChI=1S/C61H104N10O14/c1-24-36(11)44(64-47(72)40(32(3)4)62-49(74)42(34(7)8)68-57(82)85-58(14,15)16)52(77)70-60(19,20)55(80)67-46(38(13)84-31-39-29-27-26-28-30-39)50(75)63-43(35(9)10)51(76)69-59(17,18)54(79)66-41(33(5)6)48(73)65-45(37(12)25-2)53(78)71-61(21,22)56(81)83-23/h26-30,32-38,40-46H,24-25,31H2,1-23H3,(H,62,74)(H,63,75)(H,64,72)(H,65,73)(H,66,79)(H,67,80)(H,68,82)(H,69,76)(H,70,77)(H,71,78)/t36-,37-,38+,40-,41-,42-,43-,44-,45-,46-/m1/s1. The molecule has 0 saturated carbocycles. The van der Waals surface area contributed by atoms with E-state index >= 15 is 0 Å². The molecule has 0 saturated heterocycles. The Kier molecular flexibility index (Phi) is 29.7. The van der Waals surface area contributed by atoms with E-state index in [1.807, 2.05) is 19.9 Å². The predicted molar refractivity (Wildman–Crippen MR) is 322 cm³/mol. The molecule has 10 atom stereocenters. The molecule has 1 rings (SSSR count). The van der Waals surface area contributed by atoms with E-state index < -0.39 is 171 Å². The molecule has 0 radical (unpaired) electrons. The minimum atomic E-state index is -1.77. The van der Waals surface area contributed by atoms with Crippen molar-refractivity contribution in [2.45, 2.75) is 242 Å². The summed E-state index contributed by atoms with van der Waals surface area (Å²) in [5.41, 5.74) is -4.99. The number of esters is 1. The van der Waals surface area contributed by atoms with Crippen molar-refractivity contribution in [1.29, 1.82) is 0 Å². The molecule has 0 aliphatic carbocycles. The Labute approximate surface area is 504 Å². The number of alkyl carbamates (subject to hydrolysis) is 1. The molecule has 0 unspecified atom stereocenters. The first-order valence-corrected chi connectivity index (χ1v) is 29.5. The van der Waals surface area contributed by atoms with Crippen LogP contribution in [0.2, 0.25) is 0 Å². The average Bonchev–Trinajstić information content (AvgIpc) is 3.59. The molecule has 0 fully saturated rings. The van der Waals surface area contributed by atoms with Gasteiger partial charge in [-0.3, -0.25) is 43.2 Å². The van der Waals surface area contributed by atoms with Gasteiger partial charge in [0.2, 0.25) is 53.2 Å². The third-order valence-electron chi connectivity index (χ3n) is 14.5. The SMILES string of the molecule is CC[C@@H](C)[C@@H](NC(=O)[C@H](NC(=O)[C@H](NC(=O)OC(C)(C)C)C(C)C)C(C)C)C(=O)NC(C)(C)C(=O)N[C@@H](C(=O)N[C@@H](C(=O)NC(C)(C)C(=O)N[C@@H](C(=O)N[C@@H](C(=O)NC(C)(C)C(=O)OC)[C@H](C)CC)C(C)C)C(C)C)[C@H](C)OCc1ccccc1. The molecule has 24 heteroatoms. The molecule has 0 aromatic heterocycles. The van der Waals surface area contributed by atoms with Gasteiger partial charge in [0.25, 0.3) is 0 Å². The summed E-state index contributed by atoms with van der Waals surface area (Å²) in [6.45, 7) is 35.8. The molecule has 10 amide bonds. The van der Waals surface area contributed by atoms with Crippen LogP contribution in [0.15, 0.2) is 30.3 Å². The Bertz CT molecular complexity index is 2460. The molecule has 1 aromatic carbocycles. The van der Waals surface area contributed by atoms with Crippen LogP contribution in [0.1, 0.15) is 171 Å². The Balaban J connectivity index is 3.53. The highest BCUT2D eigenvalue weighted by atomic mass is 16.6. The van der Waals surface area contributed by atoms with Gasteiger partial charge in [0.1, 0.15) is 64.5 Å². The van der Waals surface area contributed by atoms with Crippen molar-refractivity contribution in [1.82, 2.24) is 53.2 Å². The van der Waals surface area contributed by atoms with E-state index in [1.165, 1.54) is 48.7 Å². The van der Waals surface area contributed by atoms with Gasteiger partial charge in [0.05, 0.1) is 19.8 Å². The summed E-state index contributed by atoms with van der Waals surface area (Å²) in [5.74, 6) is -10.3. The van der Waals surface area contributed by atoms with Crippen LogP contribution in [0.4, 0.5) is 4.79 Å². The number of methoxy groups -OCH3 is 1. The van der Waals surface area contributed by atoms with Gasteiger partial charge in [-0.25, -0.2) is 9.59 Å². The molecule has 1 aromatic rings. The number of hydrogen-bond donors (Lipinski definition) is 10. The molecule has 0 spiro atoms. The maximum Gasteiger partial charge on any atom is 0.408 e. The molecular formula is C61H104N10O14. The maximum atomic E-state index is 14.6. The van der Waals surface area contributed by atoms with E-state index in [2.05, 4.69) is 53.2 Å². The van der Waals surface area contributed by atoms with Crippen molar-refractivity contribution in [3.63, 3.8) is 0 Å². The number of benzene rings is 1.